The molecule has 111 heavy (non-hydrogen) atoms. The first kappa shape index (κ1) is 110. The molecular formula is C95H170O16. The van der Waals surface area contributed by atoms with Gasteiger partial charge in [-0.05, 0) is 95.9 Å². The topological polar surface area (TPSA) is 203 Å². The maximum absolute atomic E-state index is 11.8. The van der Waals surface area contributed by atoms with Gasteiger partial charge in [-0.2, -0.15) is 0 Å². The Labute approximate surface area is 680 Å². The second-order valence-corrected chi connectivity index (χ2v) is 31.0. The molecule has 1 unspecified atom stereocenters. The number of ether oxygens (including phenoxy) is 1. The Kier molecular flexibility index (Phi) is 87.6. The minimum atomic E-state index is -0.708. The van der Waals surface area contributed by atoms with E-state index in [0.29, 0.717) is 36.8 Å². The van der Waals surface area contributed by atoms with Crippen molar-refractivity contribution in [2.45, 2.75) is 473 Å². The first-order valence-electron chi connectivity index (χ1n) is 45.9. The zero-order chi connectivity index (χ0) is 82.3. The number of unbranched alkanes of at least 4 members (excludes halogenated alkanes) is 47. The molecule has 0 fully saturated rings. The van der Waals surface area contributed by atoms with Gasteiger partial charge >= 0.3 is 41.8 Å². The van der Waals surface area contributed by atoms with Crippen LogP contribution in [0.25, 0.3) is 0 Å². The molecule has 0 bridgehead atoms. The van der Waals surface area contributed by atoms with Crippen molar-refractivity contribution < 1.29 is 77.4 Å². The molecule has 0 aliphatic heterocycles. The number of carbonyl (C=O) groups is 7. The van der Waals surface area contributed by atoms with E-state index in [1.165, 1.54) is 244 Å². The van der Waals surface area contributed by atoms with Gasteiger partial charge in [0.15, 0.2) is 0 Å². The van der Waals surface area contributed by atoms with Gasteiger partial charge in [0.25, 0.3) is 0 Å². The van der Waals surface area contributed by atoms with Crippen molar-refractivity contribution in [1.29, 1.82) is 0 Å². The van der Waals surface area contributed by atoms with Crippen molar-refractivity contribution in [3.05, 3.63) is 71.8 Å². The maximum Gasteiger partial charge on any atom is 0.386 e. The van der Waals surface area contributed by atoms with Crippen LogP contribution >= 0.6 is 0 Å². The van der Waals surface area contributed by atoms with E-state index in [1.54, 1.807) is 60.7 Å². The molecule has 2 aromatic rings. The standard InChI is InChI=1S/C24H46O4.C24H50O2.C20H38O4.C14H10O4.C13H26O2/c1-3-5-7-9-11-13-15-17-19-21-23(25)27-28-24(26)22-20-18-16-14-12-10-8-6-4-2;1-3-5-7-9-11-13-15-17-19-21-23-25-26-24-22-20-18-16-14-12-10-8-6-4-2;1-3-5-7-9-11-13-15-17-19(21)23-24-20(22)18-16-14-12-10-8-6-4-2;15-13(11-7-3-1-4-8-11)17-18-14(16)12-9-5-2-6-10-12;1-6-9-10-11(7-2)12(14)15-13(4,5)8-3/h3-22H2,1-2H3;3-24H2,1-2H3;3-18H2,1-2H3;1-10H;11H,6-10H2,1-5H3. The zero-order valence-corrected chi connectivity index (χ0v) is 73.4. The molecule has 0 aliphatic carbocycles. The van der Waals surface area contributed by atoms with Crippen molar-refractivity contribution in [1.82, 2.24) is 0 Å². The van der Waals surface area contributed by atoms with E-state index in [1.807, 2.05) is 20.8 Å². The second-order valence-electron chi connectivity index (χ2n) is 31.0. The first-order valence-corrected chi connectivity index (χ1v) is 45.9. The van der Waals surface area contributed by atoms with Crippen molar-refractivity contribution in [3.8, 4) is 0 Å². The third kappa shape index (κ3) is 83.9. The molecule has 0 aliphatic rings. The third-order valence-corrected chi connectivity index (χ3v) is 19.8. The van der Waals surface area contributed by atoms with E-state index >= 15 is 0 Å². The van der Waals surface area contributed by atoms with Crippen molar-refractivity contribution in [2.24, 2.45) is 5.92 Å². The zero-order valence-electron chi connectivity index (χ0n) is 73.4. The number of esters is 1. The Hall–Kier alpha value is -5.35. The van der Waals surface area contributed by atoms with Gasteiger partial charge in [-0.15, -0.1) is 0 Å². The summed E-state index contributed by atoms with van der Waals surface area (Å²) in [5.41, 5.74) is 0.327. The van der Waals surface area contributed by atoms with E-state index in [4.69, 9.17) is 14.5 Å². The molecule has 16 heteroatoms. The number of hydrogen-bond donors (Lipinski definition) is 0. The van der Waals surface area contributed by atoms with E-state index in [2.05, 4.69) is 84.7 Å². The van der Waals surface area contributed by atoms with Crippen LogP contribution in [0.4, 0.5) is 0 Å². The molecule has 2 rings (SSSR count). The number of hydrogen-bond acceptors (Lipinski definition) is 16. The lowest BCUT2D eigenvalue weighted by Gasteiger charge is -2.26. The van der Waals surface area contributed by atoms with Gasteiger partial charge in [0.2, 0.25) is 0 Å². The summed E-state index contributed by atoms with van der Waals surface area (Å²) in [7, 11) is 0. The predicted molar refractivity (Wildman–Crippen MR) is 456 cm³/mol. The van der Waals surface area contributed by atoms with Gasteiger partial charge in [0.05, 0.1) is 55.9 Å². The molecular weight excluding hydrogens is 1400 g/mol. The van der Waals surface area contributed by atoms with Crippen molar-refractivity contribution in [2.75, 3.05) is 13.2 Å². The van der Waals surface area contributed by atoms with Gasteiger partial charge < -0.3 is 4.74 Å². The van der Waals surface area contributed by atoms with Crippen LogP contribution in [-0.4, -0.2) is 60.6 Å². The summed E-state index contributed by atoms with van der Waals surface area (Å²) in [6, 6.07) is 16.6. The molecule has 1 atom stereocenters. The molecule has 0 saturated carbocycles. The average Bonchev–Trinajstić information content (AvgIpc) is 0.906. The van der Waals surface area contributed by atoms with Crippen LogP contribution in [0.5, 0.6) is 0 Å². The highest BCUT2D eigenvalue weighted by molar-refractivity contribution is 5.92. The summed E-state index contributed by atoms with van der Waals surface area (Å²) >= 11 is 0. The molecule has 0 spiro atoms. The van der Waals surface area contributed by atoms with Crippen LogP contribution in [0.2, 0.25) is 0 Å². The Bertz CT molecular complexity index is 2190. The Balaban J connectivity index is -0.00000133. The van der Waals surface area contributed by atoms with Crippen LogP contribution < -0.4 is 0 Å². The molecule has 0 amide bonds. The van der Waals surface area contributed by atoms with E-state index in [0.717, 1.165) is 135 Å². The van der Waals surface area contributed by atoms with E-state index in [-0.39, 0.29) is 17.5 Å². The molecule has 0 heterocycles. The Morgan fingerprint density at radius 2 is 0.486 bits per heavy atom. The molecule has 0 aromatic heterocycles. The molecule has 646 valence electrons. The third-order valence-electron chi connectivity index (χ3n) is 19.8. The van der Waals surface area contributed by atoms with Crippen molar-refractivity contribution >= 4 is 41.8 Å². The fourth-order valence-electron chi connectivity index (χ4n) is 12.1. The summed E-state index contributed by atoms with van der Waals surface area (Å²) in [4.78, 5) is 119. The van der Waals surface area contributed by atoms with Gasteiger partial charge in [0, 0.05) is 0 Å². The smallest absolute Gasteiger partial charge is 0.386 e. The minimum Gasteiger partial charge on any atom is -0.459 e. The largest absolute Gasteiger partial charge is 0.459 e. The van der Waals surface area contributed by atoms with Crippen LogP contribution in [-0.2, 0) is 67.8 Å². The highest BCUT2D eigenvalue weighted by Crippen LogP contribution is 2.22. The van der Waals surface area contributed by atoms with Gasteiger partial charge in [0.1, 0.15) is 5.60 Å². The fourth-order valence-corrected chi connectivity index (χ4v) is 12.1. The molecule has 2 aromatic carbocycles. The average molecular weight is 1570 g/mol. The highest BCUT2D eigenvalue weighted by atomic mass is 17.2. The maximum atomic E-state index is 11.8. The Morgan fingerprint density at radius 1 is 0.270 bits per heavy atom. The monoisotopic (exact) mass is 1570 g/mol. The molecule has 16 nitrogen and oxygen atoms in total. The molecule has 0 radical (unpaired) electrons. The second kappa shape index (κ2) is 88.6. The number of rotatable bonds is 68. The lowest BCUT2D eigenvalue weighted by atomic mass is 9.99. The van der Waals surface area contributed by atoms with Crippen LogP contribution in [0.15, 0.2) is 60.7 Å². The highest BCUT2D eigenvalue weighted by Gasteiger charge is 2.25. The summed E-state index contributed by atoms with van der Waals surface area (Å²) in [6.45, 7) is 25.1. The van der Waals surface area contributed by atoms with Crippen molar-refractivity contribution in [3.63, 3.8) is 0 Å². The lowest BCUT2D eigenvalue weighted by Crippen LogP contribution is -2.30. The normalized spacial score (nSPS) is 11.1. The fraction of sp³-hybridized carbons (Fsp3) is 0.800. The quantitative estimate of drug-likeness (QED) is 0.0262. The minimum absolute atomic E-state index is 0.0159. The Morgan fingerprint density at radius 3 is 0.703 bits per heavy atom. The summed E-state index contributed by atoms with van der Waals surface area (Å²) in [6.07, 6.45) is 71.4. The van der Waals surface area contributed by atoms with Gasteiger partial charge in [-0.3, -0.25) is 4.79 Å². The predicted octanol–water partition coefficient (Wildman–Crippen LogP) is 29.4. The summed E-state index contributed by atoms with van der Waals surface area (Å²) in [5, 5.41) is 0. The molecule has 0 saturated heterocycles. The van der Waals surface area contributed by atoms with Gasteiger partial charge in [-0.1, -0.05) is 407 Å². The van der Waals surface area contributed by atoms with Gasteiger partial charge in [-0.25, -0.2) is 67.9 Å². The summed E-state index contributed by atoms with van der Waals surface area (Å²) < 4.78 is 5.50. The summed E-state index contributed by atoms with van der Waals surface area (Å²) in [5.74, 6) is -3.06. The number of benzene rings is 2. The first-order chi connectivity index (χ1) is 54.1. The lowest BCUT2D eigenvalue weighted by molar-refractivity contribution is -0.295. The van der Waals surface area contributed by atoms with E-state index in [9.17, 15) is 33.6 Å². The number of carbonyl (C=O) groups excluding carboxylic acids is 7. The van der Waals surface area contributed by atoms with Crippen LogP contribution in [0, 0.1) is 5.92 Å². The SMILES string of the molecule is CCCCC(CC)C(=O)OC(C)(C)CC.CCCCCCCCCC(=O)OOC(=O)CCCCCCCCC.CCCCCCCCCCCC(=O)OOC(=O)CCCCCCCCCCC.CCCCCCCCCCCCOOCCCCCCCCCCCC.O=C(OOC(=O)c1ccccc1)c1ccccc1. The van der Waals surface area contributed by atoms with Crippen LogP contribution in [0.1, 0.15) is 489 Å². The van der Waals surface area contributed by atoms with E-state index < -0.39 is 35.8 Å². The molecule has 0 N–H and O–H groups in total. The van der Waals surface area contributed by atoms with Crippen LogP contribution in [0.3, 0.4) is 0 Å².